The maximum atomic E-state index is 5.34. The number of rotatable bonds is 4. The van der Waals surface area contributed by atoms with Crippen molar-refractivity contribution in [3.8, 4) is 0 Å². The molecule has 1 fully saturated rings. The molecule has 3 heteroatoms. The van der Waals surface area contributed by atoms with Gasteiger partial charge in [0.25, 0.3) is 0 Å². The molecule has 1 N–H and O–H groups in total. The molecule has 1 aromatic heterocycles. The molecular weight excluding hydrogens is 190 g/mol. The Labute approximate surface area is 90.8 Å². The molecule has 0 amide bonds. The van der Waals surface area contributed by atoms with Crippen LogP contribution in [0.1, 0.15) is 31.4 Å². The van der Waals surface area contributed by atoms with E-state index in [1.54, 1.807) is 13.4 Å². The van der Waals surface area contributed by atoms with E-state index in [9.17, 15) is 0 Å². The molecule has 84 valence electrons. The maximum absolute atomic E-state index is 5.34. The Morgan fingerprint density at radius 3 is 2.80 bits per heavy atom. The largest absolute Gasteiger partial charge is 0.468 e. The van der Waals surface area contributed by atoms with Gasteiger partial charge >= 0.3 is 0 Å². The summed E-state index contributed by atoms with van der Waals surface area (Å²) in [4.78, 5) is 0. The highest BCUT2D eigenvalue weighted by atomic mass is 16.5. The molecule has 2 rings (SSSR count). The molecule has 0 aromatic carbocycles. The zero-order valence-electron chi connectivity index (χ0n) is 9.24. The van der Waals surface area contributed by atoms with Crippen LogP contribution in [0.4, 0.5) is 0 Å². The fourth-order valence-corrected chi connectivity index (χ4v) is 2.16. The van der Waals surface area contributed by atoms with Crippen molar-refractivity contribution >= 4 is 0 Å². The number of nitrogens with one attached hydrogen (secondary N) is 1. The molecule has 0 radical (unpaired) electrons. The first-order valence-corrected chi connectivity index (χ1v) is 5.67. The Kier molecular flexibility index (Phi) is 3.80. The average molecular weight is 209 g/mol. The zero-order valence-corrected chi connectivity index (χ0v) is 9.24. The van der Waals surface area contributed by atoms with Crippen molar-refractivity contribution in [2.45, 2.75) is 44.4 Å². The molecule has 0 unspecified atom stereocenters. The fraction of sp³-hybridized carbons (Fsp3) is 0.667. The lowest BCUT2D eigenvalue weighted by Crippen LogP contribution is -2.34. The van der Waals surface area contributed by atoms with Crippen LogP contribution in [0.25, 0.3) is 0 Å². The molecule has 1 aromatic rings. The highest BCUT2D eigenvalue weighted by Gasteiger charge is 2.20. The molecule has 1 aliphatic rings. The quantitative estimate of drug-likeness (QED) is 0.826. The lowest BCUT2D eigenvalue weighted by Gasteiger charge is -2.28. The van der Waals surface area contributed by atoms with E-state index >= 15 is 0 Å². The molecule has 0 spiro atoms. The van der Waals surface area contributed by atoms with E-state index in [0.29, 0.717) is 12.1 Å². The highest BCUT2D eigenvalue weighted by molar-refractivity contribution is 4.97. The summed E-state index contributed by atoms with van der Waals surface area (Å²) in [5.74, 6) is 1.02. The highest BCUT2D eigenvalue weighted by Crippen LogP contribution is 2.20. The van der Waals surface area contributed by atoms with Crippen molar-refractivity contribution < 1.29 is 9.15 Å². The summed E-state index contributed by atoms with van der Waals surface area (Å²) >= 11 is 0. The van der Waals surface area contributed by atoms with Crippen molar-refractivity contribution in [2.75, 3.05) is 7.11 Å². The Bertz CT molecular complexity index is 263. The van der Waals surface area contributed by atoms with E-state index in [2.05, 4.69) is 5.32 Å². The van der Waals surface area contributed by atoms with Gasteiger partial charge in [0, 0.05) is 13.2 Å². The fourth-order valence-electron chi connectivity index (χ4n) is 2.16. The molecule has 0 atom stereocenters. The van der Waals surface area contributed by atoms with Crippen LogP contribution in [-0.4, -0.2) is 19.3 Å². The number of hydrogen-bond donors (Lipinski definition) is 1. The normalized spacial score (nSPS) is 26.7. The van der Waals surface area contributed by atoms with Gasteiger partial charge in [-0.3, -0.25) is 0 Å². The van der Waals surface area contributed by atoms with Crippen LogP contribution in [0.2, 0.25) is 0 Å². The van der Waals surface area contributed by atoms with E-state index in [0.717, 1.165) is 12.3 Å². The third-order valence-corrected chi connectivity index (χ3v) is 3.15. The van der Waals surface area contributed by atoms with Gasteiger partial charge in [0.15, 0.2) is 0 Å². The second-order valence-electron chi connectivity index (χ2n) is 4.17. The second-order valence-corrected chi connectivity index (χ2v) is 4.17. The van der Waals surface area contributed by atoms with Crippen LogP contribution in [0.5, 0.6) is 0 Å². The predicted molar refractivity (Wildman–Crippen MR) is 58.6 cm³/mol. The van der Waals surface area contributed by atoms with Crippen molar-refractivity contribution in [1.29, 1.82) is 0 Å². The van der Waals surface area contributed by atoms with Gasteiger partial charge in [-0.25, -0.2) is 0 Å². The standard InChI is InChI=1S/C12H19NO2/c1-14-11-6-4-10(5-7-11)13-9-12-3-2-8-15-12/h2-3,8,10-11,13H,4-7,9H2,1H3. The SMILES string of the molecule is COC1CCC(NCc2ccco2)CC1. The van der Waals surface area contributed by atoms with Crippen molar-refractivity contribution in [3.05, 3.63) is 24.2 Å². The van der Waals surface area contributed by atoms with Crippen LogP contribution >= 0.6 is 0 Å². The lowest BCUT2D eigenvalue weighted by molar-refractivity contribution is 0.0622. The molecule has 0 aliphatic heterocycles. The van der Waals surface area contributed by atoms with Crippen LogP contribution < -0.4 is 5.32 Å². The van der Waals surface area contributed by atoms with E-state index in [1.165, 1.54) is 25.7 Å². The zero-order chi connectivity index (χ0) is 10.5. The summed E-state index contributed by atoms with van der Waals surface area (Å²) in [5.41, 5.74) is 0. The topological polar surface area (TPSA) is 34.4 Å². The van der Waals surface area contributed by atoms with Gasteiger partial charge in [-0.2, -0.15) is 0 Å². The molecule has 0 bridgehead atoms. The lowest BCUT2D eigenvalue weighted by atomic mass is 9.93. The van der Waals surface area contributed by atoms with Crippen molar-refractivity contribution in [2.24, 2.45) is 0 Å². The minimum Gasteiger partial charge on any atom is -0.468 e. The first kappa shape index (κ1) is 10.7. The average Bonchev–Trinajstić information content (AvgIpc) is 2.80. The number of ether oxygens (including phenoxy) is 1. The molecule has 1 saturated carbocycles. The second kappa shape index (κ2) is 5.33. The van der Waals surface area contributed by atoms with Crippen molar-refractivity contribution in [3.63, 3.8) is 0 Å². The van der Waals surface area contributed by atoms with Crippen LogP contribution in [-0.2, 0) is 11.3 Å². The summed E-state index contributed by atoms with van der Waals surface area (Å²) in [6.07, 6.45) is 6.96. The van der Waals surface area contributed by atoms with E-state index in [-0.39, 0.29) is 0 Å². The molecular formula is C12H19NO2. The van der Waals surface area contributed by atoms with E-state index in [4.69, 9.17) is 9.15 Å². The Morgan fingerprint density at radius 1 is 1.40 bits per heavy atom. The van der Waals surface area contributed by atoms with Gasteiger partial charge in [-0.1, -0.05) is 0 Å². The third kappa shape index (κ3) is 3.08. The van der Waals surface area contributed by atoms with Crippen LogP contribution in [0, 0.1) is 0 Å². The Hall–Kier alpha value is -0.800. The maximum Gasteiger partial charge on any atom is 0.117 e. The summed E-state index contributed by atoms with van der Waals surface area (Å²) in [6.45, 7) is 0.843. The minimum atomic E-state index is 0.478. The molecule has 1 aliphatic carbocycles. The van der Waals surface area contributed by atoms with Crippen LogP contribution in [0.15, 0.2) is 22.8 Å². The minimum absolute atomic E-state index is 0.478. The predicted octanol–water partition coefficient (Wildman–Crippen LogP) is 2.33. The van der Waals surface area contributed by atoms with E-state index in [1.807, 2.05) is 12.1 Å². The monoisotopic (exact) mass is 209 g/mol. The van der Waals surface area contributed by atoms with Gasteiger partial charge in [-0.05, 0) is 37.8 Å². The molecule has 1 heterocycles. The molecule has 15 heavy (non-hydrogen) atoms. The van der Waals surface area contributed by atoms with Gasteiger partial charge in [0.05, 0.1) is 18.9 Å². The Balaban J connectivity index is 1.69. The smallest absolute Gasteiger partial charge is 0.117 e. The third-order valence-electron chi connectivity index (χ3n) is 3.15. The number of furan rings is 1. The summed E-state index contributed by atoms with van der Waals surface area (Å²) in [7, 11) is 1.81. The summed E-state index contributed by atoms with van der Waals surface area (Å²) < 4.78 is 10.6. The summed E-state index contributed by atoms with van der Waals surface area (Å²) in [6, 6.07) is 4.56. The first-order chi connectivity index (χ1) is 7.38. The van der Waals surface area contributed by atoms with Crippen LogP contribution in [0.3, 0.4) is 0 Å². The number of methoxy groups -OCH3 is 1. The molecule has 0 saturated heterocycles. The number of hydrogen-bond acceptors (Lipinski definition) is 3. The van der Waals surface area contributed by atoms with Gasteiger partial charge in [-0.15, -0.1) is 0 Å². The summed E-state index contributed by atoms with van der Waals surface area (Å²) in [5, 5.41) is 3.52. The van der Waals surface area contributed by atoms with Gasteiger partial charge in [0.1, 0.15) is 5.76 Å². The molecule has 3 nitrogen and oxygen atoms in total. The first-order valence-electron chi connectivity index (χ1n) is 5.67. The van der Waals surface area contributed by atoms with E-state index < -0.39 is 0 Å². The van der Waals surface area contributed by atoms with Crippen molar-refractivity contribution in [1.82, 2.24) is 5.32 Å². The Morgan fingerprint density at radius 2 is 2.20 bits per heavy atom. The van der Waals surface area contributed by atoms with Gasteiger partial charge < -0.3 is 14.5 Å². The van der Waals surface area contributed by atoms with Gasteiger partial charge in [0.2, 0.25) is 0 Å².